The van der Waals surface area contributed by atoms with Crippen LogP contribution in [0, 0.1) is 5.92 Å². The molecule has 14 heavy (non-hydrogen) atoms. The molecule has 0 aromatic heterocycles. The van der Waals surface area contributed by atoms with Crippen molar-refractivity contribution in [3.05, 3.63) is 0 Å². The van der Waals surface area contributed by atoms with Gasteiger partial charge in [-0.2, -0.15) is 0 Å². The molecule has 1 saturated heterocycles. The van der Waals surface area contributed by atoms with E-state index in [1.54, 1.807) is 0 Å². The van der Waals surface area contributed by atoms with Crippen LogP contribution in [0.5, 0.6) is 0 Å². The second-order valence-electron chi connectivity index (χ2n) is 5.01. The number of nitrogens with one attached hydrogen (secondary N) is 2. The fourth-order valence-electron chi connectivity index (χ4n) is 1.46. The van der Waals surface area contributed by atoms with Crippen molar-refractivity contribution >= 4 is 5.91 Å². The Morgan fingerprint density at radius 2 is 2.14 bits per heavy atom. The minimum atomic E-state index is -0.110. The van der Waals surface area contributed by atoms with Gasteiger partial charge in [0, 0.05) is 5.54 Å². The maximum atomic E-state index is 11.8. The van der Waals surface area contributed by atoms with Gasteiger partial charge in [-0.25, -0.2) is 0 Å². The van der Waals surface area contributed by atoms with Gasteiger partial charge in [0.15, 0.2) is 0 Å². The van der Waals surface area contributed by atoms with E-state index in [0.29, 0.717) is 5.92 Å². The van der Waals surface area contributed by atoms with Crippen molar-refractivity contribution in [3.63, 3.8) is 0 Å². The Morgan fingerprint density at radius 1 is 1.50 bits per heavy atom. The summed E-state index contributed by atoms with van der Waals surface area (Å²) in [7, 11) is 0. The Balaban J connectivity index is 2.46. The molecular weight excluding hydrogens is 176 g/mol. The van der Waals surface area contributed by atoms with E-state index in [1.165, 1.54) is 0 Å². The van der Waals surface area contributed by atoms with Gasteiger partial charge in [-0.05, 0) is 39.2 Å². The fraction of sp³-hybridized carbons (Fsp3) is 0.909. The molecule has 1 amide bonds. The number of rotatable bonds is 3. The molecule has 82 valence electrons. The average Bonchev–Trinajstić information content (AvgIpc) is 2.54. The van der Waals surface area contributed by atoms with Crippen molar-refractivity contribution in [1.82, 2.24) is 10.6 Å². The van der Waals surface area contributed by atoms with E-state index in [9.17, 15) is 4.79 Å². The van der Waals surface area contributed by atoms with E-state index in [4.69, 9.17) is 0 Å². The molecule has 0 aromatic carbocycles. The van der Waals surface area contributed by atoms with Crippen LogP contribution < -0.4 is 10.6 Å². The molecule has 1 rings (SSSR count). The van der Waals surface area contributed by atoms with Crippen LogP contribution in [-0.2, 0) is 4.79 Å². The van der Waals surface area contributed by atoms with Gasteiger partial charge in [-0.15, -0.1) is 0 Å². The largest absolute Gasteiger partial charge is 0.350 e. The van der Waals surface area contributed by atoms with Crippen LogP contribution in [0.2, 0.25) is 0 Å². The summed E-state index contributed by atoms with van der Waals surface area (Å²) < 4.78 is 0. The zero-order chi connectivity index (χ0) is 10.8. The molecule has 2 N–H and O–H groups in total. The maximum absolute atomic E-state index is 11.8. The molecule has 3 nitrogen and oxygen atoms in total. The quantitative estimate of drug-likeness (QED) is 0.717. The first-order chi connectivity index (χ1) is 6.43. The molecule has 3 heteroatoms. The van der Waals surface area contributed by atoms with Gasteiger partial charge >= 0.3 is 0 Å². The van der Waals surface area contributed by atoms with Gasteiger partial charge in [-0.1, -0.05) is 13.8 Å². The molecule has 1 atom stereocenters. The van der Waals surface area contributed by atoms with Crippen molar-refractivity contribution in [3.8, 4) is 0 Å². The summed E-state index contributed by atoms with van der Waals surface area (Å²) in [5.74, 6) is 0.606. The Labute approximate surface area is 86.6 Å². The number of hydrogen-bond donors (Lipinski definition) is 2. The van der Waals surface area contributed by atoms with E-state index in [0.717, 1.165) is 19.4 Å². The Hall–Kier alpha value is -0.570. The lowest BCUT2D eigenvalue weighted by Gasteiger charge is -2.31. The molecule has 0 aromatic rings. The van der Waals surface area contributed by atoms with Crippen molar-refractivity contribution < 1.29 is 4.79 Å². The monoisotopic (exact) mass is 198 g/mol. The van der Waals surface area contributed by atoms with Crippen molar-refractivity contribution in [2.24, 2.45) is 5.92 Å². The first kappa shape index (κ1) is 11.5. The highest BCUT2D eigenvalue weighted by molar-refractivity contribution is 5.82. The van der Waals surface area contributed by atoms with Gasteiger partial charge in [0.1, 0.15) is 0 Å². The van der Waals surface area contributed by atoms with Crippen LogP contribution in [-0.4, -0.2) is 24.0 Å². The van der Waals surface area contributed by atoms with Crippen molar-refractivity contribution in [2.45, 2.75) is 52.1 Å². The van der Waals surface area contributed by atoms with Gasteiger partial charge in [0.05, 0.1) is 6.04 Å². The van der Waals surface area contributed by atoms with Gasteiger partial charge in [-0.3, -0.25) is 4.79 Å². The lowest BCUT2D eigenvalue weighted by molar-refractivity contribution is -0.124. The van der Waals surface area contributed by atoms with Crippen LogP contribution in [0.25, 0.3) is 0 Å². The molecule has 0 unspecified atom stereocenters. The second kappa shape index (κ2) is 4.30. The lowest BCUT2D eigenvalue weighted by Crippen LogP contribution is -2.52. The van der Waals surface area contributed by atoms with E-state index in [2.05, 4.69) is 38.3 Å². The van der Waals surface area contributed by atoms with Gasteiger partial charge in [0.25, 0.3) is 0 Å². The predicted molar refractivity (Wildman–Crippen MR) is 58.1 cm³/mol. The fourth-order valence-corrected chi connectivity index (χ4v) is 1.46. The summed E-state index contributed by atoms with van der Waals surface area (Å²) in [4.78, 5) is 11.8. The number of carbonyl (C=O) groups excluding carboxylic acids is 1. The Morgan fingerprint density at radius 3 is 2.57 bits per heavy atom. The van der Waals surface area contributed by atoms with E-state index in [1.807, 2.05) is 0 Å². The van der Waals surface area contributed by atoms with Crippen LogP contribution in [0.4, 0.5) is 0 Å². The van der Waals surface area contributed by atoms with E-state index < -0.39 is 0 Å². The molecule has 1 aliphatic heterocycles. The zero-order valence-electron chi connectivity index (χ0n) is 9.68. The minimum absolute atomic E-state index is 0.0352. The number of hydrogen-bond acceptors (Lipinski definition) is 2. The minimum Gasteiger partial charge on any atom is -0.350 e. The van der Waals surface area contributed by atoms with Crippen molar-refractivity contribution in [1.29, 1.82) is 0 Å². The molecule has 1 heterocycles. The Bertz CT molecular complexity index is 205. The zero-order valence-corrected chi connectivity index (χ0v) is 9.68. The smallest absolute Gasteiger partial charge is 0.237 e. The van der Waals surface area contributed by atoms with Crippen LogP contribution >= 0.6 is 0 Å². The number of amides is 1. The standard InChI is InChI=1S/C11H22N2O/c1-8(2)11(3,4)13-10(14)9-6-5-7-12-9/h8-9,12H,5-7H2,1-4H3,(H,13,14)/t9-/m1/s1. The molecule has 1 fully saturated rings. The summed E-state index contributed by atoms with van der Waals surface area (Å²) in [5.41, 5.74) is -0.110. The highest BCUT2D eigenvalue weighted by Crippen LogP contribution is 2.16. The molecule has 0 bridgehead atoms. The molecule has 0 spiro atoms. The molecular formula is C11H22N2O. The molecule has 1 aliphatic rings. The van der Waals surface area contributed by atoms with E-state index in [-0.39, 0.29) is 17.5 Å². The summed E-state index contributed by atoms with van der Waals surface area (Å²) in [5, 5.41) is 6.30. The third-order valence-electron chi connectivity index (χ3n) is 3.27. The van der Waals surface area contributed by atoms with Crippen LogP contribution in [0.3, 0.4) is 0 Å². The normalized spacial score (nSPS) is 22.8. The van der Waals surface area contributed by atoms with Gasteiger partial charge in [0.2, 0.25) is 5.91 Å². The lowest BCUT2D eigenvalue weighted by atomic mass is 9.90. The van der Waals surface area contributed by atoms with Crippen molar-refractivity contribution in [2.75, 3.05) is 6.54 Å². The average molecular weight is 198 g/mol. The summed E-state index contributed by atoms with van der Waals surface area (Å²) in [6, 6.07) is 0.0352. The Kier molecular flexibility index (Phi) is 3.53. The summed E-state index contributed by atoms with van der Waals surface area (Å²) in [6.07, 6.45) is 2.08. The predicted octanol–water partition coefficient (Wildman–Crippen LogP) is 1.29. The van der Waals surface area contributed by atoms with Crippen LogP contribution in [0.15, 0.2) is 0 Å². The topological polar surface area (TPSA) is 41.1 Å². The van der Waals surface area contributed by atoms with E-state index >= 15 is 0 Å². The van der Waals surface area contributed by atoms with Gasteiger partial charge < -0.3 is 10.6 Å². The summed E-state index contributed by atoms with van der Waals surface area (Å²) in [6.45, 7) is 9.37. The van der Waals surface area contributed by atoms with Crippen LogP contribution in [0.1, 0.15) is 40.5 Å². The second-order valence-corrected chi connectivity index (χ2v) is 5.01. The molecule has 0 saturated carbocycles. The molecule has 0 aliphatic carbocycles. The highest BCUT2D eigenvalue weighted by Gasteiger charge is 2.29. The third-order valence-corrected chi connectivity index (χ3v) is 3.27. The first-order valence-corrected chi connectivity index (χ1v) is 5.49. The maximum Gasteiger partial charge on any atom is 0.237 e. The SMILES string of the molecule is CC(C)C(C)(C)NC(=O)[C@H]1CCCN1. The number of carbonyl (C=O) groups is 1. The summed E-state index contributed by atoms with van der Waals surface area (Å²) >= 11 is 0. The highest BCUT2D eigenvalue weighted by atomic mass is 16.2. The third kappa shape index (κ3) is 2.71. The molecule has 0 radical (unpaired) electrons. The first-order valence-electron chi connectivity index (χ1n) is 5.49.